The molecule has 0 saturated carbocycles. The number of anilines is 1. The van der Waals surface area contributed by atoms with Crippen LogP contribution in [0, 0.1) is 11.6 Å². The van der Waals surface area contributed by atoms with Gasteiger partial charge in [0.25, 0.3) is 0 Å². The van der Waals surface area contributed by atoms with Gasteiger partial charge in [0.15, 0.2) is 0 Å². The van der Waals surface area contributed by atoms with Gasteiger partial charge in [-0.05, 0) is 29.1 Å². The number of nitrogens with zero attached hydrogens (tertiary/aromatic N) is 3. The molecule has 2 aromatic heterocycles. The fraction of sp³-hybridized carbons (Fsp3) is 0.176. The third-order valence-corrected chi connectivity index (χ3v) is 4.37. The molecular weight excluding hydrogens is 332 g/mol. The summed E-state index contributed by atoms with van der Waals surface area (Å²) in [4.78, 5) is 15.0. The van der Waals surface area contributed by atoms with Gasteiger partial charge in [-0.1, -0.05) is 6.07 Å². The molecule has 0 aliphatic rings. The number of benzene rings is 1. The van der Waals surface area contributed by atoms with E-state index in [-0.39, 0.29) is 24.6 Å². The van der Waals surface area contributed by atoms with Gasteiger partial charge in [0.05, 0.1) is 24.8 Å². The number of thiophene rings is 1. The molecule has 2 heterocycles. The van der Waals surface area contributed by atoms with E-state index >= 15 is 0 Å². The zero-order valence-electron chi connectivity index (χ0n) is 12.9. The molecule has 0 radical (unpaired) electrons. The van der Waals surface area contributed by atoms with E-state index in [0.717, 1.165) is 22.6 Å². The van der Waals surface area contributed by atoms with Gasteiger partial charge in [-0.25, -0.2) is 8.78 Å². The van der Waals surface area contributed by atoms with Crippen LogP contribution < -0.4 is 4.90 Å². The van der Waals surface area contributed by atoms with E-state index in [1.807, 2.05) is 17.5 Å². The van der Waals surface area contributed by atoms with Gasteiger partial charge in [-0.2, -0.15) is 5.10 Å². The fourth-order valence-corrected chi connectivity index (χ4v) is 3.09. The van der Waals surface area contributed by atoms with Crippen molar-refractivity contribution in [1.82, 2.24) is 9.78 Å². The molecule has 0 unspecified atom stereocenters. The van der Waals surface area contributed by atoms with Crippen LogP contribution in [0.4, 0.5) is 14.5 Å². The van der Waals surface area contributed by atoms with Crippen LogP contribution in [0.1, 0.15) is 10.4 Å². The number of carbonyl (C=O) groups excluding carboxylic acids is 1. The Morgan fingerprint density at radius 3 is 2.79 bits per heavy atom. The van der Waals surface area contributed by atoms with Crippen LogP contribution >= 0.6 is 11.3 Å². The summed E-state index contributed by atoms with van der Waals surface area (Å²) in [7, 11) is 1.76. The molecule has 0 saturated heterocycles. The number of aryl methyl sites for hydroxylation is 1. The lowest BCUT2D eigenvalue weighted by atomic mass is 10.2. The minimum Gasteiger partial charge on any atom is -0.304 e. The molecule has 0 N–H and O–H groups in total. The number of rotatable bonds is 5. The van der Waals surface area contributed by atoms with E-state index in [9.17, 15) is 13.6 Å². The van der Waals surface area contributed by atoms with E-state index in [1.165, 1.54) is 22.3 Å². The predicted molar refractivity (Wildman–Crippen MR) is 88.8 cm³/mol. The monoisotopic (exact) mass is 347 g/mol. The summed E-state index contributed by atoms with van der Waals surface area (Å²) in [5.41, 5.74) is 0.805. The first-order valence-corrected chi connectivity index (χ1v) is 8.16. The lowest BCUT2D eigenvalue weighted by molar-refractivity contribution is -0.118. The standard InChI is InChI=1S/C17H15F2N3OS/c1-21-10-12(9-20-21)7-17(23)22(11-14-3-2-6-24-14)16-5-4-13(18)8-15(16)19/h2-6,8-10H,7,11H2,1H3. The number of amides is 1. The Morgan fingerprint density at radius 1 is 1.33 bits per heavy atom. The highest BCUT2D eigenvalue weighted by atomic mass is 32.1. The summed E-state index contributed by atoms with van der Waals surface area (Å²) in [5, 5.41) is 5.92. The van der Waals surface area contributed by atoms with E-state index in [2.05, 4.69) is 5.10 Å². The molecular formula is C17H15F2N3OS. The Hall–Kier alpha value is -2.54. The number of aromatic nitrogens is 2. The van der Waals surface area contributed by atoms with Crippen molar-refractivity contribution in [3.63, 3.8) is 0 Å². The second-order valence-electron chi connectivity index (χ2n) is 5.35. The first-order chi connectivity index (χ1) is 11.5. The molecule has 24 heavy (non-hydrogen) atoms. The molecule has 3 aromatic rings. The molecule has 0 spiro atoms. The Balaban J connectivity index is 1.90. The highest BCUT2D eigenvalue weighted by Crippen LogP contribution is 2.24. The second-order valence-corrected chi connectivity index (χ2v) is 6.39. The van der Waals surface area contributed by atoms with E-state index in [4.69, 9.17) is 0 Å². The van der Waals surface area contributed by atoms with Crippen LogP contribution in [0.15, 0.2) is 48.1 Å². The van der Waals surface area contributed by atoms with Crippen molar-refractivity contribution in [2.45, 2.75) is 13.0 Å². The zero-order valence-corrected chi connectivity index (χ0v) is 13.8. The Labute approximate surface area is 142 Å². The first-order valence-electron chi connectivity index (χ1n) is 7.28. The number of hydrogen-bond acceptors (Lipinski definition) is 3. The first kappa shape index (κ1) is 16.3. The number of carbonyl (C=O) groups is 1. The highest BCUT2D eigenvalue weighted by Gasteiger charge is 2.21. The van der Waals surface area contributed by atoms with Crippen molar-refractivity contribution < 1.29 is 13.6 Å². The van der Waals surface area contributed by atoms with Crippen LogP contribution in [-0.4, -0.2) is 15.7 Å². The maximum absolute atomic E-state index is 14.2. The second kappa shape index (κ2) is 6.92. The largest absolute Gasteiger partial charge is 0.304 e. The SMILES string of the molecule is Cn1cc(CC(=O)N(Cc2cccs2)c2ccc(F)cc2F)cn1. The maximum atomic E-state index is 14.2. The molecule has 0 aliphatic carbocycles. The summed E-state index contributed by atoms with van der Waals surface area (Å²) < 4.78 is 29.0. The average Bonchev–Trinajstić information content (AvgIpc) is 3.17. The Morgan fingerprint density at radius 2 is 2.17 bits per heavy atom. The molecule has 0 fully saturated rings. The highest BCUT2D eigenvalue weighted by molar-refractivity contribution is 7.09. The molecule has 1 aromatic carbocycles. The van der Waals surface area contributed by atoms with Crippen LogP contribution in [0.3, 0.4) is 0 Å². The molecule has 0 bridgehead atoms. The number of hydrogen-bond donors (Lipinski definition) is 0. The third-order valence-electron chi connectivity index (χ3n) is 3.51. The van der Waals surface area contributed by atoms with Crippen molar-refractivity contribution in [2.75, 3.05) is 4.90 Å². The third kappa shape index (κ3) is 3.68. The van der Waals surface area contributed by atoms with Gasteiger partial charge in [-0.15, -0.1) is 11.3 Å². The van der Waals surface area contributed by atoms with Crippen molar-refractivity contribution in [1.29, 1.82) is 0 Å². The molecule has 124 valence electrons. The predicted octanol–water partition coefficient (Wildman–Crippen LogP) is 3.54. The van der Waals surface area contributed by atoms with E-state index in [1.54, 1.807) is 24.1 Å². The minimum atomic E-state index is -0.758. The van der Waals surface area contributed by atoms with Gasteiger partial charge in [-0.3, -0.25) is 9.48 Å². The minimum absolute atomic E-state index is 0.0682. The quantitative estimate of drug-likeness (QED) is 0.708. The smallest absolute Gasteiger partial charge is 0.231 e. The normalized spacial score (nSPS) is 10.8. The molecule has 0 atom stereocenters. The van der Waals surface area contributed by atoms with Gasteiger partial charge in [0.1, 0.15) is 11.6 Å². The lowest BCUT2D eigenvalue weighted by Crippen LogP contribution is -2.32. The summed E-state index contributed by atoms with van der Waals surface area (Å²) >= 11 is 1.48. The van der Waals surface area contributed by atoms with Crippen molar-refractivity contribution >= 4 is 22.9 Å². The van der Waals surface area contributed by atoms with E-state index < -0.39 is 11.6 Å². The zero-order chi connectivity index (χ0) is 17.1. The van der Waals surface area contributed by atoms with Crippen molar-refractivity contribution in [2.24, 2.45) is 7.05 Å². The number of halogens is 2. The molecule has 1 amide bonds. The Kier molecular flexibility index (Phi) is 4.71. The van der Waals surface area contributed by atoms with E-state index in [0.29, 0.717) is 0 Å². The lowest BCUT2D eigenvalue weighted by Gasteiger charge is -2.22. The summed E-state index contributed by atoms with van der Waals surface area (Å²) in [6.07, 6.45) is 3.43. The fourth-order valence-electron chi connectivity index (χ4n) is 2.40. The van der Waals surface area contributed by atoms with Crippen LogP contribution in [0.25, 0.3) is 0 Å². The van der Waals surface area contributed by atoms with Crippen molar-refractivity contribution in [3.05, 3.63) is 70.2 Å². The van der Waals surface area contributed by atoms with Gasteiger partial charge >= 0.3 is 0 Å². The topological polar surface area (TPSA) is 38.1 Å². The van der Waals surface area contributed by atoms with Crippen molar-refractivity contribution in [3.8, 4) is 0 Å². The molecule has 3 rings (SSSR count). The molecule has 4 nitrogen and oxygen atoms in total. The molecule has 7 heteroatoms. The summed E-state index contributed by atoms with van der Waals surface area (Å²) in [6, 6.07) is 6.96. The van der Waals surface area contributed by atoms with Crippen LogP contribution in [-0.2, 0) is 24.8 Å². The summed E-state index contributed by atoms with van der Waals surface area (Å²) in [5.74, 6) is -1.71. The van der Waals surface area contributed by atoms with Gasteiger partial charge in [0, 0.05) is 24.2 Å². The van der Waals surface area contributed by atoms with Gasteiger partial charge in [0.2, 0.25) is 5.91 Å². The molecule has 0 aliphatic heterocycles. The van der Waals surface area contributed by atoms with Crippen LogP contribution in [0.2, 0.25) is 0 Å². The summed E-state index contributed by atoms with van der Waals surface area (Å²) in [6.45, 7) is 0.235. The van der Waals surface area contributed by atoms with Gasteiger partial charge < -0.3 is 4.90 Å². The Bertz CT molecular complexity index is 845. The maximum Gasteiger partial charge on any atom is 0.231 e. The van der Waals surface area contributed by atoms with Crippen LogP contribution in [0.5, 0.6) is 0 Å². The average molecular weight is 347 g/mol.